The third-order valence-corrected chi connectivity index (χ3v) is 14.1. The van der Waals surface area contributed by atoms with Crippen molar-refractivity contribution in [3.63, 3.8) is 0 Å². The summed E-state index contributed by atoms with van der Waals surface area (Å²) in [6.45, 7) is 25.1. The smallest absolute Gasteiger partial charge is 0.135 e. The molecule has 0 atom stereocenters. The molecule has 68 heavy (non-hydrogen) atoms. The van der Waals surface area contributed by atoms with E-state index in [0.717, 1.165) is 45.5 Å². The zero-order valence-corrected chi connectivity index (χ0v) is 39.9. The van der Waals surface area contributed by atoms with E-state index in [1.165, 1.54) is 58.9 Å². The second kappa shape index (κ2) is 18.7. The Bertz CT molecular complexity index is 3770. The third-order valence-electron chi connectivity index (χ3n) is 12.9. The molecule has 0 bridgehead atoms. The number of nitrogens with two attached hydrogens (primary N) is 1. The molecule has 3 aromatic heterocycles. The molecule has 3 heterocycles. The normalized spacial score (nSPS) is 12.8. The summed E-state index contributed by atoms with van der Waals surface area (Å²) in [4.78, 5) is 3.76. The van der Waals surface area contributed by atoms with Crippen molar-refractivity contribution in [1.82, 2.24) is 4.57 Å². The Morgan fingerprint density at radius 3 is 2.25 bits per heavy atom. The molecule has 1 aliphatic rings. The predicted molar refractivity (Wildman–Crippen MR) is 295 cm³/mol. The maximum Gasteiger partial charge on any atom is 0.135 e. The number of amidine groups is 1. The molecule has 5 nitrogen and oxygen atoms in total. The van der Waals surface area contributed by atoms with Crippen molar-refractivity contribution in [2.45, 2.75) is 39.7 Å². The molecule has 0 spiro atoms. The second-order valence-electron chi connectivity index (χ2n) is 17.5. The van der Waals surface area contributed by atoms with Crippen molar-refractivity contribution in [2.24, 2.45) is 10.7 Å². The average Bonchev–Trinajstić information content (AvgIpc) is 4.05. The fraction of sp³-hybridized carbons (Fsp3) is 0.0968. The highest BCUT2D eigenvalue weighted by Gasteiger charge is 2.34. The number of aliphatic imine (C=N–C) groups is 1. The number of nitrogens with one attached hydrogen (secondary N) is 1. The minimum absolute atomic E-state index is 0.0686. The lowest BCUT2D eigenvalue weighted by molar-refractivity contribution is 0.577. The zero-order chi connectivity index (χ0) is 47.7. The van der Waals surface area contributed by atoms with Gasteiger partial charge in [-0.2, -0.15) is 0 Å². The quantitative estimate of drug-likeness (QED) is 0.118. The number of hydrogen-bond acceptors (Lipinski definition) is 4. The van der Waals surface area contributed by atoms with E-state index in [1.54, 1.807) is 17.4 Å². The lowest BCUT2D eigenvalue weighted by Crippen LogP contribution is -2.27. The van der Waals surface area contributed by atoms with Gasteiger partial charge < -0.3 is 14.7 Å². The van der Waals surface area contributed by atoms with Crippen LogP contribution in [0, 0.1) is 12.3 Å². The molecule has 0 radical (unpaired) electrons. The van der Waals surface area contributed by atoms with Crippen molar-refractivity contribution < 1.29 is 4.42 Å². The minimum atomic E-state index is -0.0686. The molecule has 11 rings (SSSR count). The standard InChI is InChI=1S/C38H29N3OS.C16H16.C8H9N/c1-5-11-31-25(6-2)28-12-8-9-14-32(28)41(31)24-17-19-34-30(21-24)37-27(13-10-15-35(37)43-34)23-16-18-33-29(20-23)36(22(4)42-33)26(7-3)38(39)40;1-11-8-9-13-12-6-4-5-7-14(12)16(2,3)15(13)10-11;1-9-7-8-5-3-2-4-6-8/h5-21H,2-4H2,1H3,(H3,39,40);4-10H,1-3H3;2-6H,1,7H2/b11-5-,36-26-;;. The Morgan fingerprint density at radius 1 is 0.765 bits per heavy atom. The van der Waals surface area contributed by atoms with Crippen LogP contribution in [0.1, 0.15) is 54.3 Å². The summed E-state index contributed by atoms with van der Waals surface area (Å²) in [5.74, 6) is -0.0686. The van der Waals surface area contributed by atoms with Gasteiger partial charge in [0.05, 0.1) is 17.8 Å². The minimum Gasteiger partial charge on any atom is -0.457 e. The molecule has 1 aliphatic carbocycles. The molecular formula is C62H54N4OS. The van der Waals surface area contributed by atoms with Crippen LogP contribution in [0.5, 0.6) is 0 Å². The van der Waals surface area contributed by atoms with Gasteiger partial charge in [-0.1, -0.05) is 167 Å². The summed E-state index contributed by atoms with van der Waals surface area (Å²) in [5.41, 5.74) is 22.7. The van der Waals surface area contributed by atoms with E-state index in [4.69, 9.17) is 15.6 Å². The van der Waals surface area contributed by atoms with Crippen molar-refractivity contribution in [3.8, 4) is 27.9 Å². The van der Waals surface area contributed by atoms with E-state index in [-0.39, 0.29) is 11.3 Å². The lowest BCUT2D eigenvalue weighted by atomic mass is 9.82. The van der Waals surface area contributed by atoms with Gasteiger partial charge in [0.25, 0.3) is 0 Å². The van der Waals surface area contributed by atoms with Gasteiger partial charge in [0.15, 0.2) is 0 Å². The van der Waals surface area contributed by atoms with E-state index in [0.29, 0.717) is 21.8 Å². The first kappa shape index (κ1) is 45.1. The Kier molecular flexibility index (Phi) is 12.4. The fourth-order valence-electron chi connectivity index (χ4n) is 9.78. The van der Waals surface area contributed by atoms with Gasteiger partial charge >= 0.3 is 0 Å². The number of benzene rings is 7. The number of furan rings is 1. The molecule has 334 valence electrons. The highest BCUT2D eigenvalue weighted by Crippen LogP contribution is 2.48. The van der Waals surface area contributed by atoms with Crippen LogP contribution in [-0.2, 0) is 12.0 Å². The van der Waals surface area contributed by atoms with Crippen molar-refractivity contribution >= 4 is 90.2 Å². The van der Waals surface area contributed by atoms with Crippen molar-refractivity contribution in [3.05, 3.63) is 221 Å². The van der Waals surface area contributed by atoms with Gasteiger partial charge in [-0.05, 0) is 108 Å². The van der Waals surface area contributed by atoms with Gasteiger partial charge in [-0.3, -0.25) is 10.4 Å². The highest BCUT2D eigenvalue weighted by atomic mass is 32.1. The number of fused-ring (bicyclic) bond motifs is 8. The number of nitrogens with zero attached hydrogens (tertiary/aromatic N) is 2. The molecule has 0 saturated carbocycles. The van der Waals surface area contributed by atoms with E-state index in [2.05, 4.69) is 184 Å². The molecule has 0 amide bonds. The Balaban J connectivity index is 0.000000187. The van der Waals surface area contributed by atoms with Crippen LogP contribution in [0.3, 0.4) is 0 Å². The summed E-state index contributed by atoms with van der Waals surface area (Å²) in [6, 6.07) is 53.5. The Morgan fingerprint density at radius 2 is 1.50 bits per heavy atom. The number of aromatic nitrogens is 1. The van der Waals surface area contributed by atoms with Gasteiger partial charge in [0.1, 0.15) is 16.8 Å². The van der Waals surface area contributed by atoms with Gasteiger partial charge in [-0.15, -0.1) is 11.3 Å². The van der Waals surface area contributed by atoms with Crippen LogP contribution >= 0.6 is 11.3 Å². The molecule has 6 heteroatoms. The zero-order valence-electron chi connectivity index (χ0n) is 39.1. The lowest BCUT2D eigenvalue weighted by Gasteiger charge is -2.21. The fourth-order valence-corrected chi connectivity index (χ4v) is 10.9. The Hall–Kier alpha value is -8.06. The SMILES string of the molecule is C=C/C(C(=N)N)=c1\c(=C)oc2ccc(-c3cccc4sc5ccc(-n6c(/C=C\C)c(C=C)c7ccccc76)cc5c34)cc12.C=NCc1ccccc1.Cc1ccc2c(c1)C(C)(C)c1ccccc1-2. The highest BCUT2D eigenvalue weighted by molar-refractivity contribution is 7.26. The molecule has 10 aromatic rings. The molecule has 0 unspecified atom stereocenters. The number of hydrogen-bond donors (Lipinski definition) is 2. The number of rotatable bonds is 8. The summed E-state index contributed by atoms with van der Waals surface area (Å²) in [7, 11) is 0. The monoisotopic (exact) mass is 902 g/mol. The first-order chi connectivity index (χ1) is 33.0. The average molecular weight is 903 g/mol. The third kappa shape index (κ3) is 8.03. The van der Waals surface area contributed by atoms with Crippen LogP contribution < -0.4 is 16.4 Å². The largest absolute Gasteiger partial charge is 0.457 e. The first-order valence-corrected chi connectivity index (χ1v) is 23.5. The Labute approximate surface area is 402 Å². The molecule has 7 aromatic carbocycles. The van der Waals surface area contributed by atoms with E-state index in [9.17, 15) is 0 Å². The maximum absolute atomic E-state index is 8.08. The predicted octanol–water partition coefficient (Wildman–Crippen LogP) is 15.0. The van der Waals surface area contributed by atoms with Crippen molar-refractivity contribution in [2.75, 3.05) is 0 Å². The molecule has 3 N–H and O–H groups in total. The number of para-hydroxylation sites is 1. The topological polar surface area (TPSA) is 80.3 Å². The van der Waals surface area contributed by atoms with Crippen LogP contribution in [0.4, 0.5) is 0 Å². The first-order valence-electron chi connectivity index (χ1n) is 22.7. The number of allylic oxidation sites excluding steroid dienone is 1. The van der Waals surface area contributed by atoms with Crippen LogP contribution in [0.25, 0.3) is 94.3 Å². The molecular weight excluding hydrogens is 849 g/mol. The summed E-state index contributed by atoms with van der Waals surface area (Å²) in [5, 5.41) is 13.2. The van der Waals surface area contributed by atoms with Crippen LogP contribution in [0.2, 0.25) is 0 Å². The van der Waals surface area contributed by atoms with E-state index < -0.39 is 0 Å². The molecule has 0 aliphatic heterocycles. The van der Waals surface area contributed by atoms with E-state index in [1.807, 2.05) is 49.4 Å². The van der Waals surface area contributed by atoms with Gasteiger partial charge in [0, 0.05) is 58.4 Å². The van der Waals surface area contributed by atoms with E-state index >= 15 is 0 Å². The number of aryl methyl sites for hydroxylation is 1. The number of thiophene rings is 1. The summed E-state index contributed by atoms with van der Waals surface area (Å²) in [6.07, 6.45) is 7.77. The second-order valence-corrected chi connectivity index (χ2v) is 18.6. The van der Waals surface area contributed by atoms with Crippen molar-refractivity contribution in [1.29, 1.82) is 5.41 Å². The molecule has 0 fully saturated rings. The molecule has 0 saturated heterocycles. The summed E-state index contributed by atoms with van der Waals surface area (Å²) >= 11 is 1.80. The van der Waals surface area contributed by atoms with Gasteiger partial charge in [-0.25, -0.2) is 0 Å². The van der Waals surface area contributed by atoms with Crippen LogP contribution in [0.15, 0.2) is 186 Å². The van der Waals surface area contributed by atoms with Crippen LogP contribution in [-0.4, -0.2) is 17.1 Å². The maximum atomic E-state index is 8.08. The summed E-state index contributed by atoms with van der Waals surface area (Å²) < 4.78 is 10.7. The van der Waals surface area contributed by atoms with Gasteiger partial charge in [0.2, 0.25) is 0 Å².